The van der Waals surface area contributed by atoms with Gasteiger partial charge in [0, 0.05) is 5.56 Å². The number of carbonyl (C=O) groups excluding carboxylic acids is 1. The summed E-state index contributed by atoms with van der Waals surface area (Å²) in [6, 6.07) is 12.3. The molecule has 0 saturated carbocycles. The van der Waals surface area contributed by atoms with Crippen LogP contribution in [0.1, 0.15) is 69.4 Å². The third kappa shape index (κ3) is 4.97. The van der Waals surface area contributed by atoms with E-state index in [1.54, 1.807) is 0 Å². The second-order valence-corrected chi connectivity index (χ2v) is 9.28. The Balaban J connectivity index is 2.27. The molecule has 0 N–H and O–H groups in total. The van der Waals surface area contributed by atoms with Gasteiger partial charge in [0.1, 0.15) is 5.75 Å². The van der Waals surface area contributed by atoms with Crippen molar-refractivity contribution < 1.29 is 9.53 Å². The summed E-state index contributed by atoms with van der Waals surface area (Å²) in [7, 11) is 0. The molecule has 0 heterocycles. The number of carbonyl (C=O) groups is 1. The maximum absolute atomic E-state index is 12.5. The van der Waals surface area contributed by atoms with E-state index in [9.17, 15) is 4.79 Å². The van der Waals surface area contributed by atoms with Crippen molar-refractivity contribution >= 4 is 5.97 Å². The first kappa shape index (κ1) is 20.2. The SMILES string of the molecule is Cc1ccc(CC(=O)Oc2ccc(C(C)(C)C)cc2C(C)(C)C)cc1C. The van der Waals surface area contributed by atoms with E-state index in [0.29, 0.717) is 5.75 Å². The van der Waals surface area contributed by atoms with Gasteiger partial charge in [-0.1, -0.05) is 71.9 Å². The highest BCUT2D eigenvalue weighted by molar-refractivity contribution is 5.76. The van der Waals surface area contributed by atoms with E-state index in [-0.39, 0.29) is 23.2 Å². The molecule has 2 rings (SSSR count). The van der Waals surface area contributed by atoms with Crippen LogP contribution in [0, 0.1) is 13.8 Å². The van der Waals surface area contributed by atoms with Crippen LogP contribution < -0.4 is 4.74 Å². The summed E-state index contributed by atoms with van der Waals surface area (Å²) in [4.78, 5) is 12.5. The summed E-state index contributed by atoms with van der Waals surface area (Å²) in [5.74, 6) is 0.446. The molecule has 140 valence electrons. The van der Waals surface area contributed by atoms with Crippen LogP contribution in [0.25, 0.3) is 0 Å². The molecule has 2 aromatic carbocycles. The molecular formula is C24H32O2. The normalized spacial score (nSPS) is 12.2. The van der Waals surface area contributed by atoms with E-state index in [2.05, 4.69) is 79.7 Å². The van der Waals surface area contributed by atoms with Gasteiger partial charge in [-0.05, 0) is 53.0 Å². The minimum atomic E-state index is -0.220. The number of benzene rings is 2. The lowest BCUT2D eigenvalue weighted by molar-refractivity contribution is -0.133. The maximum Gasteiger partial charge on any atom is 0.315 e. The largest absolute Gasteiger partial charge is 0.426 e. The molecule has 26 heavy (non-hydrogen) atoms. The molecule has 0 amide bonds. The molecule has 0 atom stereocenters. The summed E-state index contributed by atoms with van der Waals surface area (Å²) in [6.45, 7) is 17.2. The fraction of sp³-hybridized carbons (Fsp3) is 0.458. The van der Waals surface area contributed by atoms with E-state index in [0.717, 1.165) is 11.1 Å². The zero-order chi connectivity index (χ0) is 19.7. The minimum absolute atomic E-state index is 0.0575. The highest BCUT2D eigenvalue weighted by Gasteiger charge is 2.24. The van der Waals surface area contributed by atoms with Crippen LogP contribution in [0.15, 0.2) is 36.4 Å². The Morgan fingerprint density at radius 1 is 0.846 bits per heavy atom. The predicted octanol–water partition coefficient (Wildman–Crippen LogP) is 6.05. The molecule has 0 aliphatic rings. The van der Waals surface area contributed by atoms with Crippen molar-refractivity contribution in [3.63, 3.8) is 0 Å². The summed E-state index contributed by atoms with van der Waals surface area (Å²) in [5.41, 5.74) is 5.69. The summed E-state index contributed by atoms with van der Waals surface area (Å²) in [5, 5.41) is 0. The molecule has 0 bridgehead atoms. The number of esters is 1. The van der Waals surface area contributed by atoms with Crippen LogP contribution in [-0.2, 0) is 22.0 Å². The summed E-state index contributed by atoms with van der Waals surface area (Å²) >= 11 is 0. The van der Waals surface area contributed by atoms with E-state index in [1.165, 1.54) is 16.7 Å². The first-order valence-corrected chi connectivity index (χ1v) is 9.30. The summed E-state index contributed by atoms with van der Waals surface area (Å²) in [6.07, 6.45) is 0.283. The van der Waals surface area contributed by atoms with Crippen LogP contribution >= 0.6 is 0 Å². The molecule has 0 fully saturated rings. The molecule has 0 unspecified atom stereocenters. The van der Waals surface area contributed by atoms with Gasteiger partial charge in [-0.3, -0.25) is 4.79 Å². The zero-order valence-electron chi connectivity index (χ0n) is 17.5. The molecule has 2 aromatic rings. The van der Waals surface area contributed by atoms with Crippen molar-refractivity contribution in [1.82, 2.24) is 0 Å². The van der Waals surface area contributed by atoms with E-state index in [4.69, 9.17) is 4.74 Å². The van der Waals surface area contributed by atoms with Gasteiger partial charge in [0.05, 0.1) is 6.42 Å². The molecule has 2 heteroatoms. The van der Waals surface area contributed by atoms with Crippen LogP contribution in [0.4, 0.5) is 0 Å². The number of rotatable bonds is 3. The Morgan fingerprint density at radius 3 is 2.04 bits per heavy atom. The van der Waals surface area contributed by atoms with Crippen LogP contribution in [0.3, 0.4) is 0 Å². The Labute approximate surface area is 158 Å². The lowest BCUT2D eigenvalue weighted by Crippen LogP contribution is -2.20. The van der Waals surface area contributed by atoms with Gasteiger partial charge >= 0.3 is 5.97 Å². The molecule has 0 saturated heterocycles. The molecule has 0 aliphatic heterocycles. The van der Waals surface area contributed by atoms with Gasteiger partial charge in [-0.25, -0.2) is 0 Å². The van der Waals surface area contributed by atoms with Crippen molar-refractivity contribution in [1.29, 1.82) is 0 Å². The molecule has 0 aromatic heterocycles. The smallest absolute Gasteiger partial charge is 0.315 e. The lowest BCUT2D eigenvalue weighted by Gasteiger charge is -2.26. The molecular weight excluding hydrogens is 320 g/mol. The predicted molar refractivity (Wildman–Crippen MR) is 109 cm³/mol. The monoisotopic (exact) mass is 352 g/mol. The first-order valence-electron chi connectivity index (χ1n) is 9.30. The van der Waals surface area contributed by atoms with E-state index in [1.807, 2.05) is 12.1 Å². The number of hydrogen-bond donors (Lipinski definition) is 0. The summed E-state index contributed by atoms with van der Waals surface area (Å²) < 4.78 is 5.77. The van der Waals surface area contributed by atoms with Crippen LogP contribution in [-0.4, -0.2) is 5.97 Å². The van der Waals surface area contributed by atoms with Crippen molar-refractivity contribution in [2.45, 2.75) is 72.6 Å². The zero-order valence-corrected chi connectivity index (χ0v) is 17.5. The van der Waals surface area contributed by atoms with Gasteiger partial charge in [-0.2, -0.15) is 0 Å². The fourth-order valence-corrected chi connectivity index (χ4v) is 2.91. The third-order valence-electron chi connectivity index (χ3n) is 4.80. The Kier molecular flexibility index (Phi) is 5.65. The van der Waals surface area contributed by atoms with Crippen LogP contribution in [0.5, 0.6) is 5.75 Å². The van der Waals surface area contributed by atoms with Crippen molar-refractivity contribution in [3.05, 3.63) is 64.2 Å². The topological polar surface area (TPSA) is 26.3 Å². The number of hydrogen-bond acceptors (Lipinski definition) is 2. The molecule has 0 spiro atoms. The Morgan fingerprint density at radius 2 is 1.50 bits per heavy atom. The average molecular weight is 353 g/mol. The minimum Gasteiger partial charge on any atom is -0.426 e. The Bertz CT molecular complexity index is 802. The lowest BCUT2D eigenvalue weighted by atomic mass is 9.80. The molecule has 0 aliphatic carbocycles. The second kappa shape index (κ2) is 7.26. The highest BCUT2D eigenvalue weighted by Crippen LogP contribution is 2.35. The number of ether oxygens (including phenoxy) is 1. The fourth-order valence-electron chi connectivity index (χ4n) is 2.91. The highest BCUT2D eigenvalue weighted by atomic mass is 16.5. The van der Waals surface area contributed by atoms with Gasteiger partial charge in [0.25, 0.3) is 0 Å². The third-order valence-corrected chi connectivity index (χ3v) is 4.80. The van der Waals surface area contributed by atoms with Crippen LogP contribution in [0.2, 0.25) is 0 Å². The van der Waals surface area contributed by atoms with Crippen molar-refractivity contribution in [2.75, 3.05) is 0 Å². The van der Waals surface area contributed by atoms with Gasteiger partial charge in [0.15, 0.2) is 0 Å². The maximum atomic E-state index is 12.5. The molecule has 0 radical (unpaired) electrons. The van der Waals surface area contributed by atoms with Gasteiger partial charge in [-0.15, -0.1) is 0 Å². The quantitative estimate of drug-likeness (QED) is 0.497. The first-order chi connectivity index (χ1) is 11.9. The number of aryl methyl sites for hydroxylation is 2. The van der Waals surface area contributed by atoms with Crippen molar-refractivity contribution in [2.24, 2.45) is 0 Å². The van der Waals surface area contributed by atoms with E-state index >= 15 is 0 Å². The van der Waals surface area contributed by atoms with Gasteiger partial charge < -0.3 is 4.74 Å². The standard InChI is InChI=1S/C24H32O2/c1-16-9-10-18(13-17(16)2)14-22(25)26-21-12-11-19(23(3,4)5)15-20(21)24(6,7)8/h9-13,15H,14H2,1-8H3. The van der Waals surface area contributed by atoms with E-state index < -0.39 is 0 Å². The molecule has 2 nitrogen and oxygen atoms in total. The Hall–Kier alpha value is -2.09. The van der Waals surface area contributed by atoms with Gasteiger partial charge in [0.2, 0.25) is 0 Å². The average Bonchev–Trinajstić information content (AvgIpc) is 2.49. The second-order valence-electron chi connectivity index (χ2n) is 9.28. The van der Waals surface area contributed by atoms with Crippen molar-refractivity contribution in [3.8, 4) is 5.75 Å².